The largest absolute Gasteiger partial charge is 0.271 e. The third-order valence-electron chi connectivity index (χ3n) is 4.47. The lowest BCUT2D eigenvalue weighted by molar-refractivity contribution is -0.130. The summed E-state index contributed by atoms with van der Waals surface area (Å²) in [7, 11) is 0. The number of anilines is 1. The summed E-state index contributed by atoms with van der Waals surface area (Å²) in [5, 5.41) is 1.48. The van der Waals surface area contributed by atoms with Crippen LogP contribution in [0.5, 0.6) is 0 Å². The average molecular weight is 309 g/mol. The molecule has 1 amide bonds. The molecule has 2 aromatic rings. The average Bonchev–Trinajstić information content (AvgIpc) is 2.70. The van der Waals surface area contributed by atoms with Crippen molar-refractivity contribution in [3.05, 3.63) is 64.7 Å². The van der Waals surface area contributed by atoms with E-state index in [2.05, 4.69) is 6.07 Å². The number of hydroxylamine groups is 1. The molecule has 0 aliphatic carbocycles. The smallest absolute Gasteiger partial charge is 0.265 e. The van der Waals surface area contributed by atoms with Crippen LogP contribution in [0.1, 0.15) is 43.0 Å². The summed E-state index contributed by atoms with van der Waals surface area (Å²) in [6.45, 7) is 9.93. The summed E-state index contributed by atoms with van der Waals surface area (Å²) in [4.78, 5) is 19.0. The number of carbonyl (C=O) groups is 1. The van der Waals surface area contributed by atoms with E-state index < -0.39 is 5.41 Å². The predicted octanol–water partition coefficient (Wildman–Crippen LogP) is 4.30. The molecule has 0 saturated carbocycles. The fraction of sp³-hybridized carbons (Fsp3) is 0.350. The van der Waals surface area contributed by atoms with Crippen molar-refractivity contribution in [2.45, 2.75) is 46.1 Å². The third kappa shape index (κ3) is 2.45. The topological polar surface area (TPSA) is 29.5 Å². The van der Waals surface area contributed by atoms with Gasteiger partial charge in [0.15, 0.2) is 0 Å². The first-order chi connectivity index (χ1) is 10.8. The molecular weight excluding hydrogens is 286 g/mol. The van der Waals surface area contributed by atoms with E-state index in [0.29, 0.717) is 0 Å². The highest BCUT2D eigenvalue weighted by molar-refractivity contribution is 6.08. The summed E-state index contributed by atoms with van der Waals surface area (Å²) in [5.74, 6) is -0.0318. The minimum absolute atomic E-state index is 0.0318. The number of nitrogens with zero attached hydrogens (tertiary/aromatic N) is 1. The molecule has 1 atom stereocenters. The van der Waals surface area contributed by atoms with Gasteiger partial charge in [0.05, 0.1) is 11.8 Å². The van der Waals surface area contributed by atoms with Gasteiger partial charge in [-0.3, -0.25) is 9.63 Å². The zero-order chi connectivity index (χ0) is 16.8. The monoisotopic (exact) mass is 309 g/mol. The van der Waals surface area contributed by atoms with Crippen molar-refractivity contribution in [3.63, 3.8) is 0 Å². The van der Waals surface area contributed by atoms with E-state index in [9.17, 15) is 4.79 Å². The van der Waals surface area contributed by atoms with Crippen LogP contribution in [-0.2, 0) is 15.0 Å². The number of aryl methyl sites for hydroxylation is 2. The molecule has 0 spiro atoms. The van der Waals surface area contributed by atoms with E-state index in [1.807, 2.05) is 71.0 Å². The van der Waals surface area contributed by atoms with E-state index in [1.54, 1.807) is 0 Å². The molecule has 2 aromatic carbocycles. The molecule has 23 heavy (non-hydrogen) atoms. The second-order valence-electron chi connectivity index (χ2n) is 6.77. The van der Waals surface area contributed by atoms with Gasteiger partial charge in [-0.15, -0.1) is 0 Å². The Kier molecular flexibility index (Phi) is 3.77. The Morgan fingerprint density at radius 3 is 2.22 bits per heavy atom. The van der Waals surface area contributed by atoms with Crippen molar-refractivity contribution in [2.24, 2.45) is 0 Å². The molecule has 120 valence electrons. The highest BCUT2D eigenvalue weighted by Gasteiger charge is 2.49. The molecule has 1 aliphatic heterocycles. The van der Waals surface area contributed by atoms with Crippen molar-refractivity contribution in [1.29, 1.82) is 0 Å². The molecule has 3 nitrogen and oxygen atoms in total. The fourth-order valence-electron chi connectivity index (χ4n) is 3.14. The molecule has 0 N–H and O–H groups in total. The van der Waals surface area contributed by atoms with Crippen molar-refractivity contribution < 1.29 is 9.63 Å². The second-order valence-corrected chi connectivity index (χ2v) is 6.77. The lowest BCUT2D eigenvalue weighted by Crippen LogP contribution is -2.40. The summed E-state index contributed by atoms with van der Waals surface area (Å²) >= 11 is 0. The van der Waals surface area contributed by atoms with Crippen molar-refractivity contribution in [1.82, 2.24) is 0 Å². The number of rotatable bonds is 3. The van der Waals surface area contributed by atoms with Gasteiger partial charge in [-0.1, -0.05) is 42.0 Å². The fourth-order valence-corrected chi connectivity index (χ4v) is 3.14. The van der Waals surface area contributed by atoms with Gasteiger partial charge in [0, 0.05) is 0 Å². The van der Waals surface area contributed by atoms with Crippen molar-refractivity contribution >= 4 is 11.6 Å². The maximum absolute atomic E-state index is 13.2. The number of fused-ring (bicyclic) bond motifs is 1. The van der Waals surface area contributed by atoms with Gasteiger partial charge >= 0.3 is 0 Å². The molecule has 0 saturated heterocycles. The molecule has 1 aliphatic rings. The van der Waals surface area contributed by atoms with E-state index in [1.165, 1.54) is 10.6 Å². The zero-order valence-corrected chi connectivity index (χ0v) is 14.4. The molecule has 0 aromatic heterocycles. The van der Waals surface area contributed by atoms with Gasteiger partial charge < -0.3 is 0 Å². The quantitative estimate of drug-likeness (QED) is 0.846. The summed E-state index contributed by atoms with van der Waals surface area (Å²) in [6.07, 6.45) is -0.0623. The predicted molar refractivity (Wildman–Crippen MR) is 92.5 cm³/mol. The van der Waals surface area contributed by atoms with Gasteiger partial charge in [-0.2, -0.15) is 5.06 Å². The molecule has 0 fully saturated rings. The Bertz CT molecular complexity index is 749. The summed E-state index contributed by atoms with van der Waals surface area (Å²) in [5.41, 5.74) is 4.42. The minimum atomic E-state index is -0.717. The van der Waals surface area contributed by atoms with Crippen LogP contribution in [0.4, 0.5) is 5.69 Å². The maximum atomic E-state index is 13.2. The van der Waals surface area contributed by atoms with Gasteiger partial charge in [-0.05, 0) is 57.4 Å². The van der Waals surface area contributed by atoms with E-state index in [-0.39, 0.29) is 12.0 Å². The highest BCUT2D eigenvalue weighted by Crippen LogP contribution is 2.46. The Morgan fingerprint density at radius 1 is 1.00 bits per heavy atom. The highest BCUT2D eigenvalue weighted by atomic mass is 16.7. The van der Waals surface area contributed by atoms with Crippen LogP contribution in [0.15, 0.2) is 42.5 Å². The van der Waals surface area contributed by atoms with E-state index in [4.69, 9.17) is 4.84 Å². The normalized spacial score (nSPS) is 20.3. The van der Waals surface area contributed by atoms with Gasteiger partial charge in [-0.25, -0.2) is 0 Å². The molecule has 3 heteroatoms. The van der Waals surface area contributed by atoms with Crippen LogP contribution < -0.4 is 5.06 Å². The first-order valence-electron chi connectivity index (χ1n) is 8.03. The van der Waals surface area contributed by atoms with Crippen molar-refractivity contribution in [2.75, 3.05) is 5.06 Å². The number of hydrogen-bond acceptors (Lipinski definition) is 2. The minimum Gasteiger partial charge on any atom is -0.271 e. The Hall–Kier alpha value is -2.13. The molecule has 0 radical (unpaired) electrons. The van der Waals surface area contributed by atoms with Gasteiger partial charge in [0.25, 0.3) is 5.91 Å². The zero-order valence-electron chi connectivity index (χ0n) is 14.4. The maximum Gasteiger partial charge on any atom is 0.265 e. The summed E-state index contributed by atoms with van der Waals surface area (Å²) in [6, 6.07) is 14.3. The standard InChI is InChI=1S/C20H23NO2/c1-13(2)23-21-18-12-15(4)8-11-17(18)20(5,19(21)22)16-9-6-14(3)7-10-16/h6-13H,1-5H3. The first kappa shape index (κ1) is 15.8. The van der Waals surface area contributed by atoms with Crippen LogP contribution in [0.25, 0.3) is 0 Å². The molecule has 1 heterocycles. The van der Waals surface area contributed by atoms with Crippen LogP contribution in [0.3, 0.4) is 0 Å². The van der Waals surface area contributed by atoms with Crippen LogP contribution in [-0.4, -0.2) is 12.0 Å². The molecular formula is C20H23NO2. The third-order valence-corrected chi connectivity index (χ3v) is 4.47. The lowest BCUT2D eigenvalue weighted by atomic mass is 9.77. The number of benzene rings is 2. The second kappa shape index (κ2) is 5.50. The Balaban J connectivity index is 2.18. The van der Waals surface area contributed by atoms with Crippen LogP contribution >= 0.6 is 0 Å². The Labute approximate surface area is 137 Å². The van der Waals surface area contributed by atoms with Crippen LogP contribution in [0.2, 0.25) is 0 Å². The summed E-state index contributed by atoms with van der Waals surface area (Å²) < 4.78 is 0. The molecule has 0 bridgehead atoms. The first-order valence-corrected chi connectivity index (χ1v) is 8.03. The molecule has 3 rings (SSSR count). The van der Waals surface area contributed by atoms with Crippen LogP contribution in [0, 0.1) is 13.8 Å². The van der Waals surface area contributed by atoms with Gasteiger partial charge in [0.1, 0.15) is 5.41 Å². The van der Waals surface area contributed by atoms with Crippen molar-refractivity contribution in [3.8, 4) is 0 Å². The Morgan fingerprint density at radius 2 is 1.61 bits per heavy atom. The number of hydrogen-bond donors (Lipinski definition) is 0. The number of carbonyl (C=O) groups excluding carboxylic acids is 1. The lowest BCUT2D eigenvalue weighted by Gasteiger charge is -2.25. The van der Waals surface area contributed by atoms with Gasteiger partial charge in [0.2, 0.25) is 0 Å². The molecule has 1 unspecified atom stereocenters. The number of amides is 1. The van der Waals surface area contributed by atoms with E-state index >= 15 is 0 Å². The SMILES string of the molecule is Cc1ccc(C2(C)C(=O)N(OC(C)C)c3cc(C)ccc32)cc1. The van der Waals surface area contributed by atoms with E-state index in [0.717, 1.165) is 22.4 Å².